The minimum atomic E-state index is -0.357. The summed E-state index contributed by atoms with van der Waals surface area (Å²) in [6, 6.07) is 13.9. The Morgan fingerprint density at radius 3 is 2.59 bits per heavy atom. The van der Waals surface area contributed by atoms with Crippen LogP contribution in [0.5, 0.6) is 0 Å². The fraction of sp³-hybridized carbons (Fsp3) is 0.300. The van der Waals surface area contributed by atoms with Gasteiger partial charge in [0.05, 0.1) is 26.4 Å². The second-order valence-corrected chi connectivity index (χ2v) is 6.13. The van der Waals surface area contributed by atoms with E-state index in [1.165, 1.54) is 0 Å². The summed E-state index contributed by atoms with van der Waals surface area (Å²) in [5, 5.41) is 5.78. The van der Waals surface area contributed by atoms with E-state index in [9.17, 15) is 9.59 Å². The van der Waals surface area contributed by atoms with E-state index in [1.807, 2.05) is 25.1 Å². The maximum absolute atomic E-state index is 12.1. The molecule has 0 aliphatic carbocycles. The van der Waals surface area contributed by atoms with Crippen molar-refractivity contribution in [3.63, 3.8) is 0 Å². The molecule has 7 heteroatoms. The third-order valence-electron chi connectivity index (χ3n) is 3.55. The zero-order valence-corrected chi connectivity index (χ0v) is 15.9. The van der Waals surface area contributed by atoms with Crippen molar-refractivity contribution in [2.45, 2.75) is 13.5 Å². The molecule has 2 rings (SSSR count). The predicted molar refractivity (Wildman–Crippen MR) is 105 cm³/mol. The molecule has 2 N–H and O–H groups in total. The van der Waals surface area contributed by atoms with Crippen molar-refractivity contribution in [1.82, 2.24) is 5.32 Å². The van der Waals surface area contributed by atoms with Gasteiger partial charge in [-0.1, -0.05) is 29.8 Å². The SMILES string of the molecule is CCOCCOCc1cccc(NC(=O)CNC(=O)c2cccc(Cl)c2)c1. The lowest BCUT2D eigenvalue weighted by Gasteiger charge is -2.09. The zero-order chi connectivity index (χ0) is 19.5. The Kier molecular flexibility index (Phi) is 8.77. The molecule has 0 aromatic heterocycles. The van der Waals surface area contributed by atoms with Crippen molar-refractivity contribution in [2.75, 3.05) is 31.7 Å². The number of benzene rings is 2. The fourth-order valence-electron chi connectivity index (χ4n) is 2.29. The lowest BCUT2D eigenvalue weighted by molar-refractivity contribution is -0.115. The van der Waals surface area contributed by atoms with Gasteiger partial charge in [0.15, 0.2) is 0 Å². The van der Waals surface area contributed by atoms with Gasteiger partial charge in [-0.25, -0.2) is 0 Å². The summed E-state index contributed by atoms with van der Waals surface area (Å²) < 4.78 is 10.7. The monoisotopic (exact) mass is 390 g/mol. The van der Waals surface area contributed by atoms with Crippen LogP contribution in [0.4, 0.5) is 5.69 Å². The van der Waals surface area contributed by atoms with Crippen LogP contribution in [0, 0.1) is 0 Å². The van der Waals surface area contributed by atoms with Crippen molar-refractivity contribution < 1.29 is 19.1 Å². The third kappa shape index (κ3) is 7.78. The molecule has 2 aromatic rings. The number of ether oxygens (including phenoxy) is 2. The van der Waals surface area contributed by atoms with Crippen molar-refractivity contribution in [1.29, 1.82) is 0 Å². The summed E-state index contributed by atoms with van der Waals surface area (Å²) in [5.74, 6) is -0.677. The number of carbonyl (C=O) groups excluding carboxylic acids is 2. The third-order valence-corrected chi connectivity index (χ3v) is 3.79. The smallest absolute Gasteiger partial charge is 0.251 e. The number of halogens is 1. The highest BCUT2D eigenvalue weighted by Gasteiger charge is 2.09. The van der Waals surface area contributed by atoms with Crippen LogP contribution in [0.3, 0.4) is 0 Å². The molecule has 0 aliphatic rings. The van der Waals surface area contributed by atoms with Gasteiger partial charge in [0, 0.05) is 22.9 Å². The first-order chi connectivity index (χ1) is 13.1. The van der Waals surface area contributed by atoms with Gasteiger partial charge in [-0.2, -0.15) is 0 Å². The molecular formula is C20H23ClN2O4. The molecule has 27 heavy (non-hydrogen) atoms. The molecule has 144 valence electrons. The molecule has 0 bridgehead atoms. The van der Waals surface area contributed by atoms with Gasteiger partial charge in [0.2, 0.25) is 5.91 Å². The standard InChI is InChI=1S/C20H23ClN2O4/c1-2-26-9-10-27-14-15-5-3-8-18(11-15)23-19(24)13-22-20(25)16-6-4-7-17(21)12-16/h3-8,11-12H,2,9-10,13-14H2,1H3,(H,22,25)(H,23,24). The van der Waals surface area contributed by atoms with Gasteiger partial charge in [0.25, 0.3) is 5.91 Å². The first kappa shape index (κ1) is 20.9. The van der Waals surface area contributed by atoms with E-state index in [0.29, 0.717) is 42.7 Å². The molecule has 0 aliphatic heterocycles. The predicted octanol–water partition coefficient (Wildman–Crippen LogP) is 3.26. The van der Waals surface area contributed by atoms with Crippen LogP contribution >= 0.6 is 11.6 Å². The van der Waals surface area contributed by atoms with Crippen LogP contribution < -0.4 is 10.6 Å². The Labute approximate surface area is 163 Å². The Hall–Kier alpha value is -2.41. The van der Waals surface area contributed by atoms with Gasteiger partial charge < -0.3 is 20.1 Å². The van der Waals surface area contributed by atoms with Gasteiger partial charge in [-0.05, 0) is 42.8 Å². The maximum Gasteiger partial charge on any atom is 0.251 e. The Morgan fingerprint density at radius 2 is 1.81 bits per heavy atom. The van der Waals surface area contributed by atoms with E-state index in [-0.39, 0.29) is 18.4 Å². The van der Waals surface area contributed by atoms with Crippen molar-refractivity contribution in [3.05, 3.63) is 64.7 Å². The van der Waals surface area contributed by atoms with E-state index < -0.39 is 0 Å². The Balaban J connectivity index is 1.78. The largest absolute Gasteiger partial charge is 0.379 e. The molecule has 0 spiro atoms. The molecule has 0 saturated heterocycles. The van der Waals surface area contributed by atoms with Gasteiger partial charge in [0.1, 0.15) is 0 Å². The highest BCUT2D eigenvalue weighted by Crippen LogP contribution is 2.12. The van der Waals surface area contributed by atoms with Gasteiger partial charge in [-0.15, -0.1) is 0 Å². The Bertz CT molecular complexity index is 767. The Morgan fingerprint density at radius 1 is 1.04 bits per heavy atom. The zero-order valence-electron chi connectivity index (χ0n) is 15.2. The number of nitrogens with one attached hydrogen (secondary N) is 2. The van der Waals surface area contributed by atoms with Crippen LogP contribution in [0.15, 0.2) is 48.5 Å². The quantitative estimate of drug-likeness (QED) is 0.610. The topological polar surface area (TPSA) is 76.7 Å². The summed E-state index contributed by atoms with van der Waals surface area (Å²) in [6.45, 7) is 3.96. The molecule has 0 heterocycles. The number of amides is 2. The van der Waals surface area contributed by atoms with Crippen LogP contribution in [-0.4, -0.2) is 38.2 Å². The fourth-order valence-corrected chi connectivity index (χ4v) is 2.48. The summed E-state index contributed by atoms with van der Waals surface area (Å²) >= 11 is 5.86. The summed E-state index contributed by atoms with van der Waals surface area (Å²) in [4.78, 5) is 24.1. The number of carbonyl (C=O) groups is 2. The summed E-state index contributed by atoms with van der Waals surface area (Å²) in [7, 11) is 0. The molecule has 0 saturated carbocycles. The number of hydrogen-bond donors (Lipinski definition) is 2. The van der Waals surface area contributed by atoms with Crippen LogP contribution in [-0.2, 0) is 20.9 Å². The van der Waals surface area contributed by atoms with Crippen LogP contribution in [0.1, 0.15) is 22.8 Å². The molecule has 6 nitrogen and oxygen atoms in total. The lowest BCUT2D eigenvalue weighted by atomic mass is 10.2. The second-order valence-electron chi connectivity index (χ2n) is 5.69. The first-order valence-electron chi connectivity index (χ1n) is 8.66. The molecule has 2 amide bonds. The average Bonchev–Trinajstić information content (AvgIpc) is 2.66. The van der Waals surface area contributed by atoms with E-state index >= 15 is 0 Å². The molecular weight excluding hydrogens is 368 g/mol. The molecule has 2 aromatic carbocycles. The van der Waals surface area contributed by atoms with Crippen molar-refractivity contribution in [3.8, 4) is 0 Å². The van der Waals surface area contributed by atoms with E-state index in [1.54, 1.807) is 30.3 Å². The van der Waals surface area contributed by atoms with Gasteiger partial charge in [-0.3, -0.25) is 9.59 Å². The molecule has 0 atom stereocenters. The maximum atomic E-state index is 12.1. The number of anilines is 1. The van der Waals surface area contributed by atoms with E-state index in [2.05, 4.69) is 10.6 Å². The summed E-state index contributed by atoms with van der Waals surface area (Å²) in [5.41, 5.74) is 1.98. The first-order valence-corrected chi connectivity index (χ1v) is 9.04. The number of rotatable bonds is 10. The molecule has 0 unspecified atom stereocenters. The minimum Gasteiger partial charge on any atom is -0.379 e. The summed E-state index contributed by atoms with van der Waals surface area (Å²) in [6.07, 6.45) is 0. The second kappa shape index (κ2) is 11.3. The lowest BCUT2D eigenvalue weighted by Crippen LogP contribution is -2.32. The van der Waals surface area contributed by atoms with E-state index in [0.717, 1.165) is 5.56 Å². The highest BCUT2D eigenvalue weighted by atomic mass is 35.5. The average molecular weight is 391 g/mol. The normalized spacial score (nSPS) is 10.4. The van der Waals surface area contributed by atoms with Crippen LogP contribution in [0.25, 0.3) is 0 Å². The molecule has 0 fully saturated rings. The highest BCUT2D eigenvalue weighted by molar-refractivity contribution is 6.31. The van der Waals surface area contributed by atoms with Crippen molar-refractivity contribution >= 4 is 29.1 Å². The number of hydrogen-bond acceptors (Lipinski definition) is 4. The van der Waals surface area contributed by atoms with Crippen molar-refractivity contribution in [2.24, 2.45) is 0 Å². The molecule has 0 radical (unpaired) electrons. The van der Waals surface area contributed by atoms with Gasteiger partial charge >= 0.3 is 0 Å². The van der Waals surface area contributed by atoms with Crippen LogP contribution in [0.2, 0.25) is 5.02 Å². The van der Waals surface area contributed by atoms with E-state index in [4.69, 9.17) is 21.1 Å². The minimum absolute atomic E-state index is 0.138.